The number of aliphatic imine (C=N–C) groups is 1. The maximum atomic E-state index is 13.1. The number of nitrogens with two attached hydrogens (primary N) is 1. The van der Waals surface area contributed by atoms with Gasteiger partial charge in [-0.15, -0.1) is 0 Å². The van der Waals surface area contributed by atoms with Gasteiger partial charge < -0.3 is 21.3 Å². The Morgan fingerprint density at radius 1 is 1.28 bits per heavy atom. The van der Waals surface area contributed by atoms with Gasteiger partial charge in [-0.3, -0.25) is 9.79 Å². The number of nitrogens with zero attached hydrogens (tertiary/aromatic N) is 2. The Hall–Kier alpha value is -2.15. The summed E-state index contributed by atoms with van der Waals surface area (Å²) >= 11 is 0. The number of piperidine rings is 1. The number of benzene rings is 1. The van der Waals surface area contributed by atoms with Crippen LogP contribution in [-0.2, 0) is 11.2 Å². The lowest BCUT2D eigenvalue weighted by atomic mass is 9.99. The van der Waals surface area contributed by atoms with E-state index in [1.807, 2.05) is 6.92 Å². The molecule has 1 aromatic rings. The summed E-state index contributed by atoms with van der Waals surface area (Å²) in [5, 5.41) is 6.56. The molecule has 0 saturated carbocycles. The summed E-state index contributed by atoms with van der Waals surface area (Å²) < 4.78 is 13.1. The quantitative estimate of drug-likeness (QED) is 0.316. The highest BCUT2D eigenvalue weighted by atomic mass is 19.1. The summed E-state index contributed by atoms with van der Waals surface area (Å²) in [7, 11) is 0. The Balaban J connectivity index is 1.80. The molecule has 1 unspecified atom stereocenters. The molecule has 1 atom stereocenters. The minimum absolute atomic E-state index is 0.292. The maximum absolute atomic E-state index is 13.1. The molecule has 6 nitrogen and oxygen atoms in total. The molecule has 1 aromatic carbocycles. The molecule has 4 N–H and O–H groups in total. The molecule has 2 rings (SSSR count). The van der Waals surface area contributed by atoms with E-state index >= 15 is 0 Å². The van der Waals surface area contributed by atoms with Gasteiger partial charge in [0.05, 0.1) is 12.5 Å². The summed E-state index contributed by atoms with van der Waals surface area (Å²) in [6, 6.07) is 6.15. The predicted octanol–water partition coefficient (Wildman–Crippen LogP) is 2.15. The second-order valence-corrected chi connectivity index (χ2v) is 7.95. The van der Waals surface area contributed by atoms with Crippen LogP contribution in [0.1, 0.15) is 38.7 Å². The molecule has 1 amide bonds. The Morgan fingerprint density at radius 2 is 1.97 bits per heavy atom. The van der Waals surface area contributed by atoms with Crippen LogP contribution in [0.4, 0.5) is 4.39 Å². The van der Waals surface area contributed by atoms with Crippen molar-refractivity contribution in [2.45, 2.75) is 39.5 Å². The first-order valence-electron chi connectivity index (χ1n) is 10.8. The molecule has 1 saturated heterocycles. The van der Waals surface area contributed by atoms with Gasteiger partial charge in [-0.25, -0.2) is 4.39 Å². The Morgan fingerprint density at radius 3 is 2.59 bits per heavy atom. The monoisotopic (exact) mass is 405 g/mol. The first-order valence-corrected chi connectivity index (χ1v) is 10.8. The third-order valence-corrected chi connectivity index (χ3v) is 5.43. The largest absolute Gasteiger partial charge is 0.369 e. The maximum Gasteiger partial charge on any atom is 0.222 e. The number of amides is 1. The number of hydrogen-bond donors (Lipinski definition) is 3. The molecule has 1 aliphatic rings. The minimum Gasteiger partial charge on any atom is -0.369 e. The third kappa shape index (κ3) is 8.81. The van der Waals surface area contributed by atoms with Gasteiger partial charge in [-0.1, -0.05) is 19.1 Å². The topological polar surface area (TPSA) is 82.7 Å². The number of nitrogens with one attached hydrogen (secondary N) is 2. The molecule has 162 valence electrons. The van der Waals surface area contributed by atoms with Crippen LogP contribution < -0.4 is 16.4 Å². The highest BCUT2D eigenvalue weighted by Crippen LogP contribution is 2.15. The van der Waals surface area contributed by atoms with Crippen LogP contribution in [0.25, 0.3) is 0 Å². The number of carbonyl (C=O) groups is 1. The van der Waals surface area contributed by atoms with E-state index in [-0.39, 0.29) is 5.82 Å². The lowest BCUT2D eigenvalue weighted by Gasteiger charge is -2.30. The van der Waals surface area contributed by atoms with Crippen molar-refractivity contribution in [3.63, 3.8) is 0 Å². The predicted molar refractivity (Wildman–Crippen MR) is 116 cm³/mol. The van der Waals surface area contributed by atoms with Crippen LogP contribution in [0.3, 0.4) is 0 Å². The van der Waals surface area contributed by atoms with E-state index in [4.69, 9.17) is 5.73 Å². The first kappa shape index (κ1) is 23.1. The van der Waals surface area contributed by atoms with Crippen LogP contribution in [0.15, 0.2) is 29.3 Å². The molecule has 7 heteroatoms. The van der Waals surface area contributed by atoms with Crippen molar-refractivity contribution >= 4 is 11.9 Å². The number of halogens is 1. The van der Waals surface area contributed by atoms with Crippen molar-refractivity contribution in [3.05, 3.63) is 35.6 Å². The van der Waals surface area contributed by atoms with Crippen molar-refractivity contribution in [2.24, 2.45) is 22.6 Å². The first-order chi connectivity index (χ1) is 14.0. The van der Waals surface area contributed by atoms with Crippen molar-refractivity contribution in [1.82, 2.24) is 15.5 Å². The molecular weight excluding hydrogens is 369 g/mol. The lowest BCUT2D eigenvalue weighted by Crippen LogP contribution is -2.40. The van der Waals surface area contributed by atoms with E-state index in [0.717, 1.165) is 37.5 Å². The van der Waals surface area contributed by atoms with Crippen LogP contribution in [0, 0.1) is 17.7 Å². The zero-order valence-electron chi connectivity index (χ0n) is 17.8. The van der Waals surface area contributed by atoms with Gasteiger partial charge >= 0.3 is 0 Å². The molecular formula is C22H36FN5O. The standard InChI is InChI=1S/C22H36FN5O/c1-3-25-22(26-11-4-12-28-13-9-17(2)10-14-28)27-16-19(21(24)29)15-18-5-7-20(23)8-6-18/h5-8,17,19H,3-4,9-16H2,1-2H3,(H2,24,29)(H2,25,26,27). The second kappa shape index (κ2) is 12.4. The lowest BCUT2D eigenvalue weighted by molar-refractivity contribution is -0.121. The number of likely N-dealkylation sites (tertiary alicyclic amines) is 1. The van der Waals surface area contributed by atoms with Crippen molar-refractivity contribution in [1.29, 1.82) is 0 Å². The summed E-state index contributed by atoms with van der Waals surface area (Å²) in [5.41, 5.74) is 6.43. The van der Waals surface area contributed by atoms with Crippen LogP contribution >= 0.6 is 0 Å². The molecule has 0 radical (unpaired) electrons. The second-order valence-electron chi connectivity index (χ2n) is 7.95. The summed E-state index contributed by atoms with van der Waals surface area (Å²) in [5.74, 6) is 0.440. The molecule has 0 aliphatic carbocycles. The van der Waals surface area contributed by atoms with Gasteiger partial charge in [0.15, 0.2) is 5.96 Å². The SMILES string of the molecule is CCNC(=NCC(Cc1ccc(F)cc1)C(N)=O)NCCCN1CCC(C)CC1. The number of carbonyl (C=O) groups excluding carboxylic acids is 1. The molecule has 1 aliphatic heterocycles. The molecule has 1 heterocycles. The van der Waals surface area contributed by atoms with E-state index in [1.165, 1.54) is 38.1 Å². The van der Waals surface area contributed by atoms with Gasteiger partial charge in [0.1, 0.15) is 5.82 Å². The normalized spacial score (nSPS) is 17.1. The number of guanidine groups is 1. The van der Waals surface area contributed by atoms with E-state index in [9.17, 15) is 9.18 Å². The van der Waals surface area contributed by atoms with Crippen molar-refractivity contribution < 1.29 is 9.18 Å². The number of primary amides is 1. The highest BCUT2D eigenvalue weighted by Gasteiger charge is 2.17. The fourth-order valence-corrected chi connectivity index (χ4v) is 3.50. The van der Waals surface area contributed by atoms with E-state index in [2.05, 4.69) is 27.4 Å². The molecule has 1 fully saturated rings. The smallest absolute Gasteiger partial charge is 0.222 e. The Bertz CT molecular complexity index is 641. The van der Waals surface area contributed by atoms with Crippen molar-refractivity contribution in [2.75, 3.05) is 39.3 Å². The average Bonchev–Trinajstić information content (AvgIpc) is 2.70. The zero-order chi connectivity index (χ0) is 21.1. The van der Waals surface area contributed by atoms with Gasteiger partial charge in [0, 0.05) is 13.1 Å². The van der Waals surface area contributed by atoms with Crippen LogP contribution in [0.2, 0.25) is 0 Å². The average molecular weight is 406 g/mol. The van der Waals surface area contributed by atoms with Crippen LogP contribution in [0.5, 0.6) is 0 Å². The molecule has 29 heavy (non-hydrogen) atoms. The van der Waals surface area contributed by atoms with Gasteiger partial charge in [0.2, 0.25) is 5.91 Å². The number of hydrogen-bond acceptors (Lipinski definition) is 3. The van der Waals surface area contributed by atoms with Gasteiger partial charge in [-0.2, -0.15) is 0 Å². The van der Waals surface area contributed by atoms with E-state index < -0.39 is 11.8 Å². The van der Waals surface area contributed by atoms with E-state index in [1.54, 1.807) is 12.1 Å². The Labute approximate surface area is 174 Å². The zero-order valence-corrected chi connectivity index (χ0v) is 17.8. The molecule has 0 aromatic heterocycles. The van der Waals surface area contributed by atoms with E-state index in [0.29, 0.717) is 18.9 Å². The minimum atomic E-state index is -0.425. The summed E-state index contributed by atoms with van der Waals surface area (Å²) in [6.45, 7) is 9.69. The Kier molecular flexibility index (Phi) is 9.91. The molecule has 0 spiro atoms. The van der Waals surface area contributed by atoms with Crippen molar-refractivity contribution in [3.8, 4) is 0 Å². The fourth-order valence-electron chi connectivity index (χ4n) is 3.50. The van der Waals surface area contributed by atoms with Gasteiger partial charge in [-0.05, 0) is 75.9 Å². The third-order valence-electron chi connectivity index (χ3n) is 5.43. The van der Waals surface area contributed by atoms with Gasteiger partial charge in [0.25, 0.3) is 0 Å². The number of rotatable bonds is 10. The summed E-state index contributed by atoms with van der Waals surface area (Å²) in [6.07, 6.45) is 4.08. The fraction of sp³-hybridized carbons (Fsp3) is 0.636. The molecule has 0 bridgehead atoms. The highest BCUT2D eigenvalue weighted by molar-refractivity contribution is 5.81. The van der Waals surface area contributed by atoms with Crippen LogP contribution in [-0.4, -0.2) is 56.0 Å². The summed E-state index contributed by atoms with van der Waals surface area (Å²) in [4.78, 5) is 18.9.